The van der Waals surface area contributed by atoms with Crippen molar-refractivity contribution in [3.8, 4) is 0 Å². The summed E-state index contributed by atoms with van der Waals surface area (Å²) in [5, 5.41) is 3.82. The SMILES string of the molecule is CC(C)(C)OC(=O)N1C(=O)N[C@@](C)(c2ccc(Cl)cc2)[C@@H]1c1ccc(Cl)nc1. The molecule has 8 heteroatoms. The molecule has 3 rings (SSSR count). The van der Waals surface area contributed by atoms with Crippen LogP contribution in [0.4, 0.5) is 9.59 Å². The highest BCUT2D eigenvalue weighted by Crippen LogP contribution is 2.44. The molecule has 28 heavy (non-hydrogen) atoms. The van der Waals surface area contributed by atoms with E-state index in [1.165, 1.54) is 0 Å². The molecular weight excluding hydrogens is 401 g/mol. The van der Waals surface area contributed by atoms with Crippen molar-refractivity contribution in [1.82, 2.24) is 15.2 Å². The van der Waals surface area contributed by atoms with Gasteiger partial charge in [-0.15, -0.1) is 0 Å². The molecular formula is C20H21Cl2N3O3. The number of hydrogen-bond donors (Lipinski definition) is 1. The van der Waals surface area contributed by atoms with Crippen LogP contribution in [0.2, 0.25) is 10.2 Å². The Morgan fingerprint density at radius 1 is 1.18 bits per heavy atom. The highest BCUT2D eigenvalue weighted by Gasteiger charge is 2.54. The third-order valence-electron chi connectivity index (χ3n) is 4.49. The molecule has 1 aliphatic heterocycles. The van der Waals surface area contributed by atoms with Crippen LogP contribution in [-0.4, -0.2) is 27.6 Å². The van der Waals surface area contributed by atoms with Crippen LogP contribution in [0.5, 0.6) is 0 Å². The van der Waals surface area contributed by atoms with E-state index < -0.39 is 29.3 Å². The maximum absolute atomic E-state index is 12.9. The summed E-state index contributed by atoms with van der Waals surface area (Å²) < 4.78 is 5.47. The van der Waals surface area contributed by atoms with Crippen molar-refractivity contribution in [3.63, 3.8) is 0 Å². The molecule has 2 atom stereocenters. The number of halogens is 2. The van der Waals surface area contributed by atoms with Gasteiger partial charge < -0.3 is 10.1 Å². The van der Waals surface area contributed by atoms with Crippen LogP contribution in [0.1, 0.15) is 44.9 Å². The number of aromatic nitrogens is 1. The number of rotatable bonds is 2. The van der Waals surface area contributed by atoms with Gasteiger partial charge in [-0.25, -0.2) is 19.5 Å². The molecule has 0 aliphatic carbocycles. The van der Waals surface area contributed by atoms with E-state index in [-0.39, 0.29) is 0 Å². The Bertz CT molecular complexity index is 894. The van der Waals surface area contributed by atoms with Crippen molar-refractivity contribution >= 4 is 35.3 Å². The highest BCUT2D eigenvalue weighted by molar-refractivity contribution is 6.30. The predicted octanol–water partition coefficient (Wildman–Crippen LogP) is 5.31. The molecule has 0 unspecified atom stereocenters. The van der Waals surface area contributed by atoms with Gasteiger partial charge >= 0.3 is 12.1 Å². The number of amides is 3. The Morgan fingerprint density at radius 2 is 1.82 bits per heavy atom. The second kappa shape index (κ2) is 7.26. The molecule has 1 aromatic heterocycles. The summed E-state index contributed by atoms with van der Waals surface area (Å²) in [5.41, 5.74) is -0.240. The molecule has 2 heterocycles. The van der Waals surface area contributed by atoms with Crippen LogP contribution in [0.3, 0.4) is 0 Å². The average Bonchev–Trinajstić information content (AvgIpc) is 2.86. The summed E-state index contributed by atoms with van der Waals surface area (Å²) in [7, 11) is 0. The number of benzene rings is 1. The van der Waals surface area contributed by atoms with Crippen LogP contribution in [0.25, 0.3) is 0 Å². The van der Waals surface area contributed by atoms with Crippen molar-refractivity contribution in [2.45, 2.75) is 44.9 Å². The van der Waals surface area contributed by atoms with Crippen molar-refractivity contribution < 1.29 is 14.3 Å². The van der Waals surface area contributed by atoms with Crippen molar-refractivity contribution in [2.24, 2.45) is 0 Å². The number of nitrogens with zero attached hydrogens (tertiary/aromatic N) is 2. The van der Waals surface area contributed by atoms with E-state index in [9.17, 15) is 9.59 Å². The number of urea groups is 1. The Labute approximate surface area is 173 Å². The fourth-order valence-electron chi connectivity index (χ4n) is 3.28. The van der Waals surface area contributed by atoms with Gasteiger partial charge in [0, 0.05) is 11.2 Å². The summed E-state index contributed by atoms with van der Waals surface area (Å²) in [6.45, 7) is 7.08. The van der Waals surface area contributed by atoms with E-state index in [0.717, 1.165) is 10.5 Å². The second-order valence-electron chi connectivity index (χ2n) is 7.81. The first-order valence-corrected chi connectivity index (χ1v) is 9.49. The molecule has 1 fully saturated rings. The lowest BCUT2D eigenvalue weighted by Gasteiger charge is -2.34. The first kappa shape index (κ1) is 20.4. The van der Waals surface area contributed by atoms with Crippen LogP contribution in [0.15, 0.2) is 42.6 Å². The number of ether oxygens (including phenoxy) is 1. The quantitative estimate of drug-likeness (QED) is 0.667. The molecule has 0 spiro atoms. The minimum atomic E-state index is -0.923. The zero-order valence-electron chi connectivity index (χ0n) is 16.0. The molecule has 2 aromatic rings. The standard InChI is InChI=1S/C20H21Cl2N3O3/c1-19(2,3)28-18(27)25-16(12-5-10-15(22)23-11-12)20(4,24-17(25)26)13-6-8-14(21)9-7-13/h5-11,16H,1-4H3,(H,24,26)/t16-,20-/m0/s1. The lowest BCUT2D eigenvalue weighted by Crippen LogP contribution is -2.41. The summed E-state index contributed by atoms with van der Waals surface area (Å²) >= 11 is 11.9. The van der Waals surface area contributed by atoms with Crippen LogP contribution in [0, 0.1) is 0 Å². The van der Waals surface area contributed by atoms with Crippen molar-refractivity contribution in [3.05, 3.63) is 63.9 Å². The zero-order chi connectivity index (χ0) is 20.7. The lowest BCUT2D eigenvalue weighted by molar-refractivity contribution is 0.0263. The van der Waals surface area contributed by atoms with Gasteiger partial charge in [-0.1, -0.05) is 41.4 Å². The summed E-state index contributed by atoms with van der Waals surface area (Å²) in [6, 6.07) is 9.23. The first-order valence-electron chi connectivity index (χ1n) is 8.73. The number of carbonyl (C=O) groups excluding carboxylic acids is 2. The Kier molecular flexibility index (Phi) is 5.30. The third-order valence-corrected chi connectivity index (χ3v) is 4.97. The van der Waals surface area contributed by atoms with Gasteiger partial charge in [-0.3, -0.25) is 0 Å². The van der Waals surface area contributed by atoms with Gasteiger partial charge in [-0.05, 0) is 57.0 Å². The fourth-order valence-corrected chi connectivity index (χ4v) is 3.52. The second-order valence-corrected chi connectivity index (χ2v) is 8.63. The molecule has 0 bridgehead atoms. The van der Waals surface area contributed by atoms with Crippen molar-refractivity contribution in [1.29, 1.82) is 0 Å². The van der Waals surface area contributed by atoms with Gasteiger partial charge in [0.15, 0.2) is 0 Å². The van der Waals surface area contributed by atoms with Crippen LogP contribution >= 0.6 is 23.2 Å². The van der Waals surface area contributed by atoms with E-state index >= 15 is 0 Å². The van der Waals surface area contributed by atoms with E-state index in [4.69, 9.17) is 27.9 Å². The Hall–Kier alpha value is -2.31. The number of pyridine rings is 1. The molecule has 0 saturated carbocycles. The largest absolute Gasteiger partial charge is 0.443 e. The summed E-state index contributed by atoms with van der Waals surface area (Å²) in [6.07, 6.45) is 0.821. The summed E-state index contributed by atoms with van der Waals surface area (Å²) in [4.78, 5) is 30.9. The molecule has 3 amide bonds. The van der Waals surface area contributed by atoms with Gasteiger partial charge in [0.25, 0.3) is 0 Å². The molecule has 148 valence electrons. The Morgan fingerprint density at radius 3 is 2.36 bits per heavy atom. The molecule has 6 nitrogen and oxygen atoms in total. The molecule has 1 N–H and O–H groups in total. The van der Waals surface area contributed by atoms with Gasteiger partial charge in [-0.2, -0.15) is 0 Å². The number of imide groups is 1. The summed E-state index contributed by atoms with van der Waals surface area (Å²) in [5.74, 6) is 0. The maximum Gasteiger partial charge on any atom is 0.419 e. The smallest absolute Gasteiger partial charge is 0.419 e. The fraction of sp³-hybridized carbons (Fsp3) is 0.350. The lowest BCUT2D eigenvalue weighted by atomic mass is 9.82. The number of hydrogen-bond acceptors (Lipinski definition) is 4. The molecule has 1 aromatic carbocycles. The van der Waals surface area contributed by atoms with E-state index in [2.05, 4.69) is 10.3 Å². The Balaban J connectivity index is 2.11. The molecule has 1 saturated heterocycles. The molecule has 0 radical (unpaired) electrons. The normalized spacial score (nSPS) is 22.1. The minimum Gasteiger partial charge on any atom is -0.443 e. The predicted molar refractivity (Wildman–Crippen MR) is 107 cm³/mol. The minimum absolute atomic E-state index is 0.318. The number of carbonyl (C=O) groups is 2. The average molecular weight is 422 g/mol. The van der Waals surface area contributed by atoms with E-state index in [1.807, 2.05) is 19.1 Å². The maximum atomic E-state index is 12.9. The van der Waals surface area contributed by atoms with Crippen molar-refractivity contribution in [2.75, 3.05) is 0 Å². The van der Waals surface area contributed by atoms with Crippen LogP contribution in [-0.2, 0) is 10.3 Å². The highest BCUT2D eigenvalue weighted by atomic mass is 35.5. The topological polar surface area (TPSA) is 71.5 Å². The van der Waals surface area contributed by atoms with Crippen LogP contribution < -0.4 is 5.32 Å². The number of nitrogens with one attached hydrogen (secondary N) is 1. The van der Waals surface area contributed by atoms with Gasteiger partial charge in [0.1, 0.15) is 10.8 Å². The molecule has 1 aliphatic rings. The third kappa shape index (κ3) is 3.93. The van der Waals surface area contributed by atoms with E-state index in [0.29, 0.717) is 15.7 Å². The monoisotopic (exact) mass is 421 g/mol. The zero-order valence-corrected chi connectivity index (χ0v) is 17.5. The van der Waals surface area contributed by atoms with Gasteiger partial charge in [0.2, 0.25) is 0 Å². The van der Waals surface area contributed by atoms with Gasteiger partial charge in [0.05, 0.1) is 11.6 Å². The first-order chi connectivity index (χ1) is 13.0. The van der Waals surface area contributed by atoms with E-state index in [1.54, 1.807) is 51.2 Å².